The first-order chi connectivity index (χ1) is 15.7. The van der Waals surface area contributed by atoms with Gasteiger partial charge in [0.15, 0.2) is 0 Å². The summed E-state index contributed by atoms with van der Waals surface area (Å²) in [5.41, 5.74) is 2.11. The summed E-state index contributed by atoms with van der Waals surface area (Å²) in [5.74, 6) is -2.55. The van der Waals surface area contributed by atoms with Gasteiger partial charge in [-0.2, -0.15) is 0 Å². The van der Waals surface area contributed by atoms with E-state index in [1.807, 2.05) is 19.9 Å². The number of halogens is 2. The molecule has 1 aromatic carbocycles. The molecule has 1 aromatic rings. The van der Waals surface area contributed by atoms with Crippen LogP contribution in [0.3, 0.4) is 0 Å². The molecule has 0 aliphatic heterocycles. The molecule has 174 valence electrons. The Balaban J connectivity index is 1.72. The third-order valence-corrected chi connectivity index (χ3v) is 6.62. The Morgan fingerprint density at radius 1 is 1.12 bits per heavy atom. The van der Waals surface area contributed by atoms with Crippen molar-refractivity contribution in [2.75, 3.05) is 11.9 Å². The molecule has 2 atom stereocenters. The van der Waals surface area contributed by atoms with Crippen molar-refractivity contribution in [1.82, 2.24) is 5.32 Å². The summed E-state index contributed by atoms with van der Waals surface area (Å²) in [5, 5.41) is 12.1. The van der Waals surface area contributed by atoms with Crippen molar-refractivity contribution >= 4 is 17.6 Å². The normalized spacial score (nSPS) is 22.9. The minimum atomic E-state index is -1.25. The van der Waals surface area contributed by atoms with Gasteiger partial charge in [-0.1, -0.05) is 26.0 Å². The molecule has 0 heterocycles. The van der Waals surface area contributed by atoms with E-state index in [0.29, 0.717) is 18.0 Å². The van der Waals surface area contributed by atoms with Gasteiger partial charge in [0, 0.05) is 24.2 Å². The predicted molar refractivity (Wildman–Crippen MR) is 123 cm³/mol. The number of hydrogen-bond acceptors (Lipinski definition) is 3. The van der Waals surface area contributed by atoms with Crippen LogP contribution in [0.4, 0.5) is 14.5 Å². The number of carbonyl (C=O) groups excluding carboxylic acids is 1. The number of nitrogens with one attached hydrogen (secondary N) is 1. The van der Waals surface area contributed by atoms with Gasteiger partial charge in [-0.05, 0) is 67.4 Å². The van der Waals surface area contributed by atoms with Crippen molar-refractivity contribution in [3.63, 3.8) is 0 Å². The fraction of sp³-hybridized carbons (Fsp3) is 0.385. The number of hydrogen-bond donors (Lipinski definition) is 2. The molecular formula is C26H28F2N2O3. The van der Waals surface area contributed by atoms with E-state index in [1.54, 1.807) is 0 Å². The van der Waals surface area contributed by atoms with Crippen LogP contribution in [0.25, 0.3) is 0 Å². The first-order valence-electron chi connectivity index (χ1n) is 11.3. The lowest BCUT2D eigenvalue weighted by Gasteiger charge is -2.32. The van der Waals surface area contributed by atoms with Crippen LogP contribution >= 0.6 is 0 Å². The average Bonchev–Trinajstić information content (AvgIpc) is 3.61. The molecule has 33 heavy (non-hydrogen) atoms. The van der Waals surface area contributed by atoms with Gasteiger partial charge in [0.25, 0.3) is 5.91 Å². The number of nitrogens with zero attached hydrogens (tertiary/aromatic N) is 1. The highest BCUT2D eigenvalue weighted by Crippen LogP contribution is 2.43. The molecule has 0 bridgehead atoms. The SMILES string of the molecule is CC1CC=C(F)C(N(C)c2ccc(C(=O)O)cc2F)=C1NC(=O)C1=C(C2CC2)C=CCC1C. The number of carbonyl (C=O) groups is 2. The van der Waals surface area contributed by atoms with Crippen LogP contribution in [-0.2, 0) is 4.79 Å². The maximum absolute atomic E-state index is 15.1. The third-order valence-electron chi connectivity index (χ3n) is 6.62. The molecule has 3 aliphatic rings. The topological polar surface area (TPSA) is 69.6 Å². The van der Waals surface area contributed by atoms with E-state index in [1.165, 1.54) is 30.2 Å². The molecule has 1 fully saturated rings. The lowest BCUT2D eigenvalue weighted by Crippen LogP contribution is -2.36. The van der Waals surface area contributed by atoms with E-state index >= 15 is 4.39 Å². The number of aromatic carboxylic acids is 1. The van der Waals surface area contributed by atoms with E-state index in [0.717, 1.165) is 36.5 Å². The summed E-state index contributed by atoms with van der Waals surface area (Å²) < 4.78 is 29.8. The van der Waals surface area contributed by atoms with Gasteiger partial charge >= 0.3 is 5.97 Å². The molecule has 2 unspecified atom stereocenters. The summed E-state index contributed by atoms with van der Waals surface area (Å²) in [4.78, 5) is 25.9. The summed E-state index contributed by atoms with van der Waals surface area (Å²) in [6.07, 6.45) is 8.88. The van der Waals surface area contributed by atoms with Gasteiger partial charge in [-0.3, -0.25) is 4.79 Å². The fourth-order valence-corrected chi connectivity index (χ4v) is 4.60. The van der Waals surface area contributed by atoms with Crippen molar-refractivity contribution in [3.05, 3.63) is 76.2 Å². The van der Waals surface area contributed by atoms with E-state index in [-0.39, 0.29) is 34.7 Å². The molecule has 3 aliphatic carbocycles. The minimum absolute atomic E-state index is 0.0197. The van der Waals surface area contributed by atoms with Gasteiger partial charge in [0.1, 0.15) is 11.6 Å². The third kappa shape index (κ3) is 4.49. The Morgan fingerprint density at radius 3 is 2.48 bits per heavy atom. The van der Waals surface area contributed by atoms with Crippen molar-refractivity contribution < 1.29 is 23.5 Å². The van der Waals surface area contributed by atoms with Crippen molar-refractivity contribution in [3.8, 4) is 0 Å². The quantitative estimate of drug-likeness (QED) is 0.597. The van der Waals surface area contributed by atoms with Crippen molar-refractivity contribution in [2.24, 2.45) is 17.8 Å². The molecule has 7 heteroatoms. The van der Waals surface area contributed by atoms with Gasteiger partial charge in [-0.25, -0.2) is 13.6 Å². The first kappa shape index (κ1) is 23.0. The van der Waals surface area contributed by atoms with Crippen LogP contribution in [0.5, 0.6) is 0 Å². The Morgan fingerprint density at radius 2 is 1.85 bits per heavy atom. The number of rotatable bonds is 6. The second kappa shape index (κ2) is 8.96. The van der Waals surface area contributed by atoms with Crippen LogP contribution in [0, 0.1) is 23.6 Å². The van der Waals surface area contributed by atoms with E-state index in [2.05, 4.69) is 11.4 Å². The summed E-state index contributed by atoms with van der Waals surface area (Å²) in [6, 6.07) is 3.48. The second-order valence-corrected chi connectivity index (χ2v) is 9.12. The number of likely N-dealkylation sites (N-methyl/N-ethyl adjacent to an activating group) is 1. The minimum Gasteiger partial charge on any atom is -0.478 e. The number of anilines is 1. The largest absolute Gasteiger partial charge is 0.478 e. The van der Waals surface area contributed by atoms with E-state index in [9.17, 15) is 14.0 Å². The predicted octanol–water partition coefficient (Wildman–Crippen LogP) is 5.48. The van der Waals surface area contributed by atoms with Crippen LogP contribution in [0.1, 0.15) is 49.9 Å². The molecule has 0 saturated heterocycles. The molecular weight excluding hydrogens is 426 g/mol. The maximum Gasteiger partial charge on any atom is 0.335 e. The highest BCUT2D eigenvalue weighted by molar-refractivity contribution is 5.97. The van der Waals surface area contributed by atoms with Gasteiger partial charge in [-0.15, -0.1) is 0 Å². The second-order valence-electron chi connectivity index (χ2n) is 9.12. The summed E-state index contributed by atoms with van der Waals surface area (Å²) >= 11 is 0. The summed E-state index contributed by atoms with van der Waals surface area (Å²) in [6.45, 7) is 3.91. The molecule has 0 aromatic heterocycles. The van der Waals surface area contributed by atoms with Crippen LogP contribution in [0.2, 0.25) is 0 Å². The standard InChI is InChI=1S/C26H28F2N2O3/c1-14-5-4-6-18(16-8-9-16)22(14)25(31)29-23-15(2)7-11-19(27)24(23)30(3)21-12-10-17(26(32)33)13-20(21)28/h4,6,10-16H,5,7-9H2,1-3H3,(H,29,31)(H,32,33). The Bertz CT molecular complexity index is 1130. The lowest BCUT2D eigenvalue weighted by atomic mass is 9.85. The first-order valence-corrected chi connectivity index (χ1v) is 11.3. The van der Waals surface area contributed by atoms with E-state index in [4.69, 9.17) is 5.11 Å². The molecule has 1 amide bonds. The smallest absolute Gasteiger partial charge is 0.335 e. The highest BCUT2D eigenvalue weighted by Gasteiger charge is 2.34. The monoisotopic (exact) mass is 454 g/mol. The highest BCUT2D eigenvalue weighted by atomic mass is 19.1. The maximum atomic E-state index is 15.1. The van der Waals surface area contributed by atoms with Crippen LogP contribution < -0.4 is 10.2 Å². The zero-order chi connectivity index (χ0) is 23.9. The van der Waals surface area contributed by atoms with Gasteiger partial charge in [0.05, 0.1) is 16.9 Å². The average molecular weight is 455 g/mol. The van der Waals surface area contributed by atoms with Crippen LogP contribution in [0.15, 0.2) is 64.8 Å². The Kier molecular flexibility index (Phi) is 6.23. The molecule has 5 nitrogen and oxygen atoms in total. The Labute approximate surface area is 192 Å². The zero-order valence-electron chi connectivity index (χ0n) is 19.0. The zero-order valence-corrected chi connectivity index (χ0v) is 19.0. The molecule has 0 radical (unpaired) electrons. The lowest BCUT2D eigenvalue weighted by molar-refractivity contribution is -0.117. The molecule has 0 spiro atoms. The molecule has 1 saturated carbocycles. The van der Waals surface area contributed by atoms with Crippen molar-refractivity contribution in [1.29, 1.82) is 0 Å². The Hall–Kier alpha value is -3.22. The number of allylic oxidation sites excluding steroid dienone is 6. The number of benzene rings is 1. The van der Waals surface area contributed by atoms with Gasteiger partial charge in [0.2, 0.25) is 0 Å². The summed E-state index contributed by atoms with van der Waals surface area (Å²) in [7, 11) is 1.51. The van der Waals surface area contributed by atoms with Crippen LogP contribution in [-0.4, -0.2) is 24.0 Å². The molecule has 2 N–H and O–H groups in total. The fourth-order valence-electron chi connectivity index (χ4n) is 4.60. The number of carboxylic acids is 1. The van der Waals surface area contributed by atoms with Gasteiger partial charge < -0.3 is 15.3 Å². The molecule has 4 rings (SSSR count). The van der Waals surface area contributed by atoms with Crippen molar-refractivity contribution in [2.45, 2.75) is 39.5 Å². The number of amides is 1. The van der Waals surface area contributed by atoms with E-state index < -0.39 is 17.6 Å². The number of carboxylic acid groups (broad SMARTS) is 1.